The quantitative estimate of drug-likeness (QED) is 0.469. The third-order valence-corrected chi connectivity index (χ3v) is 4.71. The van der Waals surface area contributed by atoms with Gasteiger partial charge < -0.3 is 15.5 Å². The third kappa shape index (κ3) is 6.73. The van der Waals surface area contributed by atoms with Gasteiger partial charge in [0, 0.05) is 5.75 Å². The molecule has 0 heterocycles. The molecule has 1 atom stereocenters. The van der Waals surface area contributed by atoms with Crippen LogP contribution in [-0.2, 0) is 22.1 Å². The molecule has 0 aromatic carbocycles. The molecule has 0 radical (unpaired) electrons. The number of nitrogens with one attached hydrogen (secondary N) is 1. The van der Waals surface area contributed by atoms with E-state index in [1.165, 1.54) is 21.3 Å². The van der Waals surface area contributed by atoms with Gasteiger partial charge >= 0.3 is 11.9 Å². The van der Waals surface area contributed by atoms with Crippen LogP contribution >= 0.6 is 10.9 Å². The molecule has 19 heavy (non-hydrogen) atoms. The van der Waals surface area contributed by atoms with Gasteiger partial charge in [-0.05, 0) is 13.0 Å². The summed E-state index contributed by atoms with van der Waals surface area (Å²) in [6, 6.07) is -1.10. The Labute approximate surface area is 114 Å². The van der Waals surface area contributed by atoms with E-state index in [-0.39, 0.29) is 0 Å². The summed E-state index contributed by atoms with van der Waals surface area (Å²) >= 11 is 0. The zero-order valence-electron chi connectivity index (χ0n) is 11.2. The van der Waals surface area contributed by atoms with Crippen LogP contribution in [0.15, 0.2) is 0 Å². The molecule has 3 N–H and O–H groups in total. The minimum absolute atomic E-state index is 0.328. The molecule has 0 aliphatic rings. The van der Waals surface area contributed by atoms with E-state index in [1.807, 2.05) is 0 Å². The van der Waals surface area contributed by atoms with Crippen LogP contribution in [0, 0.1) is 0 Å². The van der Waals surface area contributed by atoms with Crippen LogP contribution in [-0.4, -0.2) is 61.8 Å². The summed E-state index contributed by atoms with van der Waals surface area (Å²) in [7, 11) is 2.36. The van der Waals surface area contributed by atoms with Gasteiger partial charge in [0.2, 0.25) is 0 Å². The number of carboxylic acids is 2. The van der Waals surface area contributed by atoms with Gasteiger partial charge in [-0.25, -0.2) is 0 Å². The maximum atomic E-state index is 10.8. The summed E-state index contributed by atoms with van der Waals surface area (Å²) < 4.78 is 15.5. The highest BCUT2D eigenvalue weighted by Crippen LogP contribution is 2.49. The minimum Gasteiger partial charge on any atom is -0.481 e. The summed E-state index contributed by atoms with van der Waals surface area (Å²) in [6.45, 7) is 0.328. The van der Waals surface area contributed by atoms with Crippen LogP contribution < -0.4 is 5.32 Å². The highest BCUT2D eigenvalue weighted by Gasteiger charge is 2.24. The Morgan fingerprint density at radius 1 is 1.16 bits per heavy atom. The fourth-order valence-corrected chi connectivity index (χ4v) is 2.81. The third-order valence-electron chi connectivity index (χ3n) is 2.40. The number of rotatable bonds is 11. The molecule has 9 heteroatoms. The van der Waals surface area contributed by atoms with Gasteiger partial charge in [-0.3, -0.25) is 22.1 Å². The normalized spacial score (nSPS) is 14.1. The second-order valence-electron chi connectivity index (χ2n) is 3.56. The molecule has 0 bridgehead atoms. The lowest BCUT2D eigenvalue weighted by molar-refractivity contribution is -0.145. The summed E-state index contributed by atoms with van der Waals surface area (Å²) in [4.78, 5) is 21.3. The molecule has 0 fully saturated rings. The van der Waals surface area contributed by atoms with Gasteiger partial charge in [-0.15, -0.1) is 0 Å². The highest BCUT2D eigenvalue weighted by molar-refractivity contribution is 8.21. The number of carboxylic acid groups (broad SMARTS) is 2. The van der Waals surface area contributed by atoms with E-state index in [0.717, 1.165) is 0 Å². The zero-order chi connectivity index (χ0) is 14.9. The zero-order valence-corrected chi connectivity index (χ0v) is 12.1. The first-order valence-corrected chi connectivity index (χ1v) is 7.14. The standard InChI is InChI=1S/C10H21NO7S/c1-16-19(17-2,18-3)6-4-5-11-8(10(14)15)7-9(12)13/h8,11H,4-7H2,1-3H3,(H,12,13)(H,14,15)/t8-/m0/s1. The summed E-state index contributed by atoms with van der Waals surface area (Å²) in [5, 5.41) is 20.1. The Bertz CT molecular complexity index is 287. The first-order valence-electron chi connectivity index (χ1n) is 5.56. The molecule has 0 aliphatic carbocycles. The van der Waals surface area contributed by atoms with E-state index in [0.29, 0.717) is 18.7 Å². The van der Waals surface area contributed by atoms with E-state index in [2.05, 4.69) is 5.32 Å². The molecule has 0 aromatic heterocycles. The van der Waals surface area contributed by atoms with E-state index in [4.69, 9.17) is 22.8 Å². The van der Waals surface area contributed by atoms with Crippen molar-refractivity contribution >= 4 is 22.8 Å². The summed E-state index contributed by atoms with van der Waals surface area (Å²) in [5.41, 5.74) is 0. The Hall–Kier alpha value is -0.870. The molecule has 114 valence electrons. The predicted octanol–water partition coefficient (Wildman–Crippen LogP) is 0.383. The molecule has 0 saturated heterocycles. The van der Waals surface area contributed by atoms with Crippen LogP contribution in [0.1, 0.15) is 12.8 Å². The first-order chi connectivity index (χ1) is 8.90. The van der Waals surface area contributed by atoms with Crippen molar-refractivity contribution in [2.45, 2.75) is 18.9 Å². The second-order valence-corrected chi connectivity index (χ2v) is 6.08. The molecule has 0 amide bonds. The molecule has 0 spiro atoms. The Morgan fingerprint density at radius 3 is 2.05 bits per heavy atom. The average Bonchev–Trinajstić information content (AvgIpc) is 2.37. The lowest BCUT2D eigenvalue weighted by Gasteiger charge is -2.33. The largest absolute Gasteiger partial charge is 0.481 e. The van der Waals surface area contributed by atoms with Crippen molar-refractivity contribution in [3.8, 4) is 0 Å². The van der Waals surface area contributed by atoms with Crippen LogP contribution in [0.2, 0.25) is 0 Å². The van der Waals surface area contributed by atoms with Crippen LogP contribution in [0.25, 0.3) is 0 Å². The highest BCUT2D eigenvalue weighted by atomic mass is 32.3. The summed E-state index contributed by atoms with van der Waals surface area (Å²) in [6.07, 6.45) is 0.0699. The molecule has 8 nitrogen and oxygen atoms in total. The monoisotopic (exact) mass is 299 g/mol. The maximum Gasteiger partial charge on any atom is 0.321 e. The van der Waals surface area contributed by atoms with Gasteiger partial charge in [0.25, 0.3) is 0 Å². The Balaban J connectivity index is 4.12. The molecule has 0 aliphatic heterocycles. The fraction of sp³-hybridized carbons (Fsp3) is 0.800. The lowest BCUT2D eigenvalue weighted by atomic mass is 10.2. The first kappa shape index (κ1) is 18.1. The van der Waals surface area contributed by atoms with Crippen molar-refractivity contribution in [1.82, 2.24) is 5.32 Å². The Kier molecular flexibility index (Phi) is 8.68. The van der Waals surface area contributed by atoms with Crippen LogP contribution in [0.5, 0.6) is 0 Å². The van der Waals surface area contributed by atoms with Gasteiger partial charge in [-0.2, -0.15) is 0 Å². The molecular formula is C10H21NO7S. The van der Waals surface area contributed by atoms with Crippen molar-refractivity contribution < 1.29 is 32.4 Å². The average molecular weight is 299 g/mol. The topological polar surface area (TPSA) is 114 Å². The molecule has 0 rings (SSSR count). The number of hydrogen-bond acceptors (Lipinski definition) is 6. The van der Waals surface area contributed by atoms with E-state index in [9.17, 15) is 9.59 Å². The van der Waals surface area contributed by atoms with E-state index >= 15 is 0 Å². The number of carbonyl (C=O) groups is 2. The fourth-order valence-electron chi connectivity index (χ4n) is 1.40. The van der Waals surface area contributed by atoms with Gasteiger partial charge in [-0.1, -0.05) is 0 Å². The SMILES string of the molecule is COS(CCCN[C@@H](CC(=O)O)C(=O)O)(OC)OC. The van der Waals surface area contributed by atoms with E-state index in [1.54, 1.807) is 0 Å². The number of hydrogen-bond donors (Lipinski definition) is 3. The van der Waals surface area contributed by atoms with Crippen molar-refractivity contribution in [2.24, 2.45) is 0 Å². The van der Waals surface area contributed by atoms with E-state index < -0.39 is 35.3 Å². The van der Waals surface area contributed by atoms with Gasteiger partial charge in [0.05, 0.1) is 38.6 Å². The summed E-state index contributed by atoms with van der Waals surface area (Å²) in [5.74, 6) is -1.89. The van der Waals surface area contributed by atoms with Gasteiger partial charge in [0.1, 0.15) is 6.04 Å². The van der Waals surface area contributed by atoms with Crippen molar-refractivity contribution in [3.05, 3.63) is 0 Å². The van der Waals surface area contributed by atoms with Crippen LogP contribution in [0.3, 0.4) is 0 Å². The number of aliphatic carboxylic acids is 2. The second kappa shape index (κ2) is 9.10. The van der Waals surface area contributed by atoms with Crippen molar-refractivity contribution in [2.75, 3.05) is 33.6 Å². The molecule has 0 unspecified atom stereocenters. The molecule has 0 saturated carbocycles. The Morgan fingerprint density at radius 2 is 1.68 bits per heavy atom. The molecule has 0 aromatic rings. The van der Waals surface area contributed by atoms with Crippen LogP contribution in [0.4, 0.5) is 0 Å². The maximum absolute atomic E-state index is 10.8. The predicted molar refractivity (Wildman–Crippen MR) is 69.8 cm³/mol. The van der Waals surface area contributed by atoms with Crippen molar-refractivity contribution in [1.29, 1.82) is 0 Å². The molecular weight excluding hydrogens is 278 g/mol. The minimum atomic E-state index is -2.06. The van der Waals surface area contributed by atoms with Crippen molar-refractivity contribution in [3.63, 3.8) is 0 Å². The lowest BCUT2D eigenvalue weighted by Crippen LogP contribution is -2.39. The van der Waals surface area contributed by atoms with Gasteiger partial charge in [0.15, 0.2) is 0 Å². The smallest absolute Gasteiger partial charge is 0.321 e.